The number of sulfonamides is 1. The Morgan fingerprint density at radius 3 is 2.70 bits per heavy atom. The van der Waals surface area contributed by atoms with Crippen molar-refractivity contribution in [1.82, 2.24) is 4.98 Å². The summed E-state index contributed by atoms with van der Waals surface area (Å²) in [4.78, 5) is 3.62. The average molecular weight is 316 g/mol. The van der Waals surface area contributed by atoms with E-state index in [1.54, 1.807) is 0 Å². The summed E-state index contributed by atoms with van der Waals surface area (Å²) in [5.74, 6) is -0.636. The third-order valence-electron chi connectivity index (χ3n) is 2.57. The van der Waals surface area contributed by atoms with Gasteiger partial charge in [-0.15, -0.1) is 0 Å². The number of benzene rings is 1. The zero-order valence-corrected chi connectivity index (χ0v) is 12.0. The minimum absolute atomic E-state index is 0.0166. The molecule has 0 unspecified atom stereocenters. The van der Waals surface area contributed by atoms with E-state index in [9.17, 15) is 12.8 Å². The van der Waals surface area contributed by atoms with Gasteiger partial charge in [-0.1, -0.05) is 11.6 Å². The van der Waals surface area contributed by atoms with Gasteiger partial charge in [-0.3, -0.25) is 4.72 Å². The van der Waals surface area contributed by atoms with E-state index < -0.39 is 15.8 Å². The van der Waals surface area contributed by atoms with Crippen molar-refractivity contribution in [2.24, 2.45) is 0 Å². The lowest BCUT2D eigenvalue weighted by molar-refractivity contribution is 0.599. The van der Waals surface area contributed by atoms with Crippen LogP contribution in [0.4, 0.5) is 15.8 Å². The number of anilines is 2. The van der Waals surface area contributed by atoms with Crippen LogP contribution in [0.25, 0.3) is 0 Å². The second-order valence-corrected chi connectivity index (χ2v) is 6.13. The minimum Gasteiger partial charge on any atom is -0.396 e. The Balaban J connectivity index is 2.44. The highest BCUT2D eigenvalue weighted by molar-refractivity contribution is 7.92. The first kappa shape index (κ1) is 14.5. The van der Waals surface area contributed by atoms with Gasteiger partial charge in [-0.25, -0.2) is 17.8 Å². The fraction of sp³-hybridized carbons (Fsp3) is 0.0833. The largest absolute Gasteiger partial charge is 0.396 e. The lowest BCUT2D eigenvalue weighted by Gasteiger charge is -2.11. The molecule has 2 rings (SSSR count). The molecule has 106 valence electrons. The summed E-state index contributed by atoms with van der Waals surface area (Å²) in [7, 11) is -3.92. The van der Waals surface area contributed by atoms with Crippen molar-refractivity contribution in [2.75, 3.05) is 10.5 Å². The molecule has 0 aliphatic heterocycles. The maximum absolute atomic E-state index is 13.4. The number of nitrogens with one attached hydrogen (secondary N) is 1. The second kappa shape index (κ2) is 5.26. The molecule has 0 fully saturated rings. The summed E-state index contributed by atoms with van der Waals surface area (Å²) in [6.45, 7) is 1.43. The van der Waals surface area contributed by atoms with Crippen LogP contribution in [0, 0.1) is 12.7 Å². The molecular formula is C12H11ClFN3O2S. The molecule has 0 saturated carbocycles. The van der Waals surface area contributed by atoms with Crippen LogP contribution < -0.4 is 10.5 Å². The molecule has 8 heteroatoms. The summed E-state index contributed by atoms with van der Waals surface area (Å²) < 4.78 is 40.1. The Kier molecular flexibility index (Phi) is 3.82. The molecule has 1 aromatic carbocycles. The van der Waals surface area contributed by atoms with Gasteiger partial charge in [0, 0.05) is 6.20 Å². The molecule has 0 radical (unpaired) electrons. The highest BCUT2D eigenvalue weighted by atomic mass is 35.5. The highest BCUT2D eigenvalue weighted by Gasteiger charge is 2.18. The number of nitrogen functional groups attached to an aromatic ring is 1. The Morgan fingerprint density at radius 2 is 2.10 bits per heavy atom. The van der Waals surface area contributed by atoms with Crippen LogP contribution in [0.3, 0.4) is 0 Å². The van der Waals surface area contributed by atoms with Crippen molar-refractivity contribution < 1.29 is 12.8 Å². The lowest BCUT2D eigenvalue weighted by atomic mass is 10.2. The monoisotopic (exact) mass is 315 g/mol. The maximum atomic E-state index is 13.4. The molecular weight excluding hydrogens is 305 g/mol. The first-order valence-corrected chi connectivity index (χ1v) is 7.36. The molecule has 20 heavy (non-hydrogen) atoms. The lowest BCUT2D eigenvalue weighted by Crippen LogP contribution is -2.14. The number of hydrogen-bond donors (Lipinski definition) is 2. The topological polar surface area (TPSA) is 85.1 Å². The predicted octanol–water partition coefficient (Wildman–Crippen LogP) is 2.57. The van der Waals surface area contributed by atoms with Gasteiger partial charge in [0.2, 0.25) is 0 Å². The van der Waals surface area contributed by atoms with Crippen molar-refractivity contribution in [3.8, 4) is 0 Å². The van der Waals surface area contributed by atoms with Crippen molar-refractivity contribution in [2.45, 2.75) is 11.8 Å². The summed E-state index contributed by atoms with van der Waals surface area (Å²) in [5.41, 5.74) is 5.48. The van der Waals surface area contributed by atoms with Crippen LogP contribution in [-0.4, -0.2) is 13.4 Å². The molecule has 1 aromatic heterocycles. The van der Waals surface area contributed by atoms with Gasteiger partial charge in [0.05, 0.1) is 16.3 Å². The summed E-state index contributed by atoms with van der Waals surface area (Å²) in [6.07, 6.45) is 1.43. The Hall–Kier alpha value is -1.86. The number of aryl methyl sites for hydroxylation is 1. The third-order valence-corrected chi connectivity index (χ3v) is 4.22. The molecule has 2 aromatic rings. The average Bonchev–Trinajstić information content (AvgIpc) is 2.38. The summed E-state index contributed by atoms with van der Waals surface area (Å²) >= 11 is 5.78. The maximum Gasteiger partial charge on any atom is 0.262 e. The Morgan fingerprint density at radius 1 is 1.40 bits per heavy atom. The second-order valence-electron chi connectivity index (χ2n) is 4.09. The van der Waals surface area contributed by atoms with Gasteiger partial charge in [0.15, 0.2) is 5.15 Å². The van der Waals surface area contributed by atoms with E-state index in [2.05, 4.69) is 9.71 Å². The minimum atomic E-state index is -3.92. The van der Waals surface area contributed by atoms with Gasteiger partial charge in [-0.05, 0) is 36.8 Å². The molecule has 3 N–H and O–H groups in total. The first-order chi connectivity index (χ1) is 9.31. The van der Waals surface area contributed by atoms with E-state index in [1.807, 2.05) is 0 Å². The van der Waals surface area contributed by atoms with Crippen molar-refractivity contribution >= 4 is 33.0 Å². The van der Waals surface area contributed by atoms with Crippen LogP contribution >= 0.6 is 11.6 Å². The Labute approximate surface area is 120 Å². The molecule has 0 spiro atoms. The molecule has 5 nitrogen and oxygen atoms in total. The van der Waals surface area contributed by atoms with Gasteiger partial charge in [0.25, 0.3) is 10.0 Å². The fourth-order valence-corrected chi connectivity index (χ4v) is 2.99. The highest BCUT2D eigenvalue weighted by Crippen LogP contribution is 2.25. The summed E-state index contributed by atoms with van der Waals surface area (Å²) in [5, 5.41) is 0.0166. The Bertz CT molecular complexity index is 742. The van der Waals surface area contributed by atoms with E-state index >= 15 is 0 Å². The number of hydrogen-bond acceptors (Lipinski definition) is 4. The van der Waals surface area contributed by atoms with Gasteiger partial charge >= 0.3 is 0 Å². The molecule has 0 aliphatic rings. The number of aromatic nitrogens is 1. The molecule has 0 saturated heterocycles. The molecule has 1 heterocycles. The smallest absolute Gasteiger partial charge is 0.262 e. The van der Waals surface area contributed by atoms with Gasteiger partial charge in [0.1, 0.15) is 5.82 Å². The fourth-order valence-electron chi connectivity index (χ4n) is 1.58. The van der Waals surface area contributed by atoms with Crippen LogP contribution in [0.15, 0.2) is 35.4 Å². The zero-order valence-electron chi connectivity index (χ0n) is 10.4. The third kappa shape index (κ3) is 2.83. The van der Waals surface area contributed by atoms with Gasteiger partial charge < -0.3 is 5.73 Å². The van der Waals surface area contributed by atoms with E-state index in [0.29, 0.717) is 0 Å². The van der Waals surface area contributed by atoms with Crippen molar-refractivity contribution in [3.05, 3.63) is 47.0 Å². The number of nitrogens with zero attached hydrogens (tertiary/aromatic N) is 1. The number of pyridine rings is 1. The molecule has 0 bridgehead atoms. The van der Waals surface area contributed by atoms with Gasteiger partial charge in [-0.2, -0.15) is 0 Å². The van der Waals surface area contributed by atoms with Crippen LogP contribution in [0.2, 0.25) is 5.15 Å². The van der Waals surface area contributed by atoms with Crippen LogP contribution in [0.1, 0.15) is 5.56 Å². The standard InChI is InChI=1S/C12H11ClFN3O2S/c1-7-5-8(6-9(15)11(7)14)20(18,19)17-10-3-2-4-16-12(10)13/h2-6,17H,15H2,1H3. The summed E-state index contributed by atoms with van der Waals surface area (Å²) in [6, 6.07) is 5.24. The van der Waals surface area contributed by atoms with Crippen molar-refractivity contribution in [1.29, 1.82) is 0 Å². The van der Waals surface area contributed by atoms with E-state index in [4.69, 9.17) is 17.3 Å². The normalized spacial score (nSPS) is 11.3. The first-order valence-electron chi connectivity index (χ1n) is 5.50. The SMILES string of the molecule is Cc1cc(S(=O)(=O)Nc2cccnc2Cl)cc(N)c1F. The van der Waals surface area contributed by atoms with E-state index in [-0.39, 0.29) is 27.0 Å². The zero-order chi connectivity index (χ0) is 14.9. The predicted molar refractivity (Wildman–Crippen MR) is 75.6 cm³/mol. The van der Waals surface area contributed by atoms with E-state index in [0.717, 1.165) is 6.07 Å². The van der Waals surface area contributed by atoms with E-state index in [1.165, 1.54) is 31.3 Å². The number of nitrogens with two attached hydrogens (primary N) is 1. The quantitative estimate of drug-likeness (QED) is 0.673. The van der Waals surface area contributed by atoms with Crippen LogP contribution in [0.5, 0.6) is 0 Å². The number of rotatable bonds is 3. The number of halogens is 2. The van der Waals surface area contributed by atoms with Crippen molar-refractivity contribution in [3.63, 3.8) is 0 Å². The molecule has 0 amide bonds. The molecule has 0 atom stereocenters. The van der Waals surface area contributed by atoms with Crippen LogP contribution in [-0.2, 0) is 10.0 Å². The molecule has 0 aliphatic carbocycles.